The fourth-order valence-electron chi connectivity index (χ4n) is 1.70. The zero-order valence-electron chi connectivity index (χ0n) is 8.55. The Morgan fingerprint density at radius 2 is 1.50 bits per heavy atom. The summed E-state index contributed by atoms with van der Waals surface area (Å²) in [6.45, 7) is 0. The summed E-state index contributed by atoms with van der Waals surface area (Å²) in [7, 11) is 0. The fraction of sp³-hybridized carbons (Fsp3) is 0. The molecule has 0 amide bonds. The standard InChI is InChI=1S/C13H10N2.ClH/c1-2-6-11-10(5-1)9-14-12-7-3-4-8-13(12)15-11;/h1-9,15H;1H. The number of anilines is 2. The van der Waals surface area contributed by atoms with E-state index < -0.39 is 0 Å². The number of benzene rings is 2. The van der Waals surface area contributed by atoms with Crippen molar-refractivity contribution in [3.05, 3.63) is 54.1 Å². The topological polar surface area (TPSA) is 24.4 Å². The normalized spacial score (nSPS) is 11.5. The van der Waals surface area contributed by atoms with E-state index in [4.69, 9.17) is 0 Å². The summed E-state index contributed by atoms with van der Waals surface area (Å²) < 4.78 is 0. The van der Waals surface area contributed by atoms with Crippen LogP contribution in [0.2, 0.25) is 0 Å². The summed E-state index contributed by atoms with van der Waals surface area (Å²) in [4.78, 5) is 4.44. The first kappa shape index (κ1) is 10.7. The van der Waals surface area contributed by atoms with Crippen molar-refractivity contribution in [3.8, 4) is 0 Å². The molecule has 2 aromatic carbocycles. The second kappa shape index (κ2) is 4.37. The van der Waals surface area contributed by atoms with E-state index in [-0.39, 0.29) is 12.4 Å². The minimum atomic E-state index is 0. The molecule has 1 heterocycles. The second-order valence-electron chi connectivity index (χ2n) is 3.49. The first-order valence-electron chi connectivity index (χ1n) is 4.93. The minimum Gasteiger partial charge on any atom is -0.353 e. The van der Waals surface area contributed by atoms with Crippen molar-refractivity contribution >= 4 is 35.7 Å². The SMILES string of the molecule is C1=Nc2ccccc2Nc2ccccc21.Cl. The fourth-order valence-corrected chi connectivity index (χ4v) is 1.70. The van der Waals surface area contributed by atoms with Gasteiger partial charge in [-0.1, -0.05) is 30.3 Å². The number of nitrogens with one attached hydrogen (secondary N) is 1. The average Bonchev–Trinajstić information content (AvgIpc) is 2.48. The maximum Gasteiger partial charge on any atom is 0.0864 e. The van der Waals surface area contributed by atoms with Gasteiger partial charge in [0.15, 0.2) is 0 Å². The quantitative estimate of drug-likeness (QED) is 0.622. The maximum absolute atomic E-state index is 4.44. The molecule has 16 heavy (non-hydrogen) atoms. The average molecular weight is 231 g/mol. The highest BCUT2D eigenvalue weighted by molar-refractivity contribution is 5.94. The lowest BCUT2D eigenvalue weighted by molar-refractivity contribution is 1.51. The third-order valence-electron chi connectivity index (χ3n) is 2.48. The van der Waals surface area contributed by atoms with Crippen LogP contribution in [0.3, 0.4) is 0 Å². The van der Waals surface area contributed by atoms with Crippen molar-refractivity contribution < 1.29 is 0 Å². The molecule has 0 aliphatic carbocycles. The zero-order chi connectivity index (χ0) is 10.1. The molecule has 3 heteroatoms. The van der Waals surface area contributed by atoms with Gasteiger partial charge in [-0.3, -0.25) is 4.99 Å². The van der Waals surface area contributed by atoms with E-state index in [0.29, 0.717) is 0 Å². The van der Waals surface area contributed by atoms with Crippen molar-refractivity contribution in [1.29, 1.82) is 0 Å². The van der Waals surface area contributed by atoms with Gasteiger partial charge in [-0.05, 0) is 18.2 Å². The molecule has 1 aliphatic rings. The molecule has 0 fully saturated rings. The Bertz CT molecular complexity index is 487. The molecule has 0 unspecified atom stereocenters. The van der Waals surface area contributed by atoms with E-state index in [9.17, 15) is 0 Å². The Morgan fingerprint density at radius 3 is 2.38 bits per heavy atom. The van der Waals surface area contributed by atoms with Crippen molar-refractivity contribution in [1.82, 2.24) is 0 Å². The van der Waals surface area contributed by atoms with E-state index >= 15 is 0 Å². The second-order valence-corrected chi connectivity index (χ2v) is 3.49. The predicted molar refractivity (Wildman–Crippen MR) is 70.7 cm³/mol. The van der Waals surface area contributed by atoms with Gasteiger partial charge in [0.25, 0.3) is 0 Å². The lowest BCUT2D eigenvalue weighted by Gasteiger charge is -2.07. The van der Waals surface area contributed by atoms with Gasteiger partial charge in [0.2, 0.25) is 0 Å². The third-order valence-corrected chi connectivity index (χ3v) is 2.48. The molecule has 2 aromatic rings. The molecule has 80 valence electrons. The van der Waals surface area contributed by atoms with E-state index in [2.05, 4.69) is 22.4 Å². The first-order chi connectivity index (χ1) is 7.43. The Balaban J connectivity index is 0.000000963. The highest BCUT2D eigenvalue weighted by atomic mass is 35.5. The molecular weight excluding hydrogens is 220 g/mol. The number of para-hydroxylation sites is 3. The molecule has 1 N–H and O–H groups in total. The monoisotopic (exact) mass is 230 g/mol. The van der Waals surface area contributed by atoms with E-state index in [1.54, 1.807) is 0 Å². The van der Waals surface area contributed by atoms with Gasteiger partial charge < -0.3 is 5.32 Å². The summed E-state index contributed by atoms with van der Waals surface area (Å²) in [5, 5.41) is 3.38. The number of hydrogen-bond donors (Lipinski definition) is 1. The molecule has 0 saturated carbocycles. The number of aliphatic imine (C=N–C) groups is 1. The maximum atomic E-state index is 4.44. The third kappa shape index (κ3) is 1.79. The number of nitrogens with zero attached hydrogens (tertiary/aromatic N) is 1. The van der Waals surface area contributed by atoms with Gasteiger partial charge in [0.05, 0.1) is 11.4 Å². The van der Waals surface area contributed by atoms with Gasteiger partial charge in [0.1, 0.15) is 0 Å². The van der Waals surface area contributed by atoms with E-state index in [1.807, 2.05) is 42.6 Å². The van der Waals surface area contributed by atoms with Crippen LogP contribution in [0.1, 0.15) is 5.56 Å². The minimum absolute atomic E-state index is 0. The Kier molecular flexibility index (Phi) is 2.93. The molecule has 0 bridgehead atoms. The van der Waals surface area contributed by atoms with Crippen LogP contribution < -0.4 is 5.32 Å². The van der Waals surface area contributed by atoms with Crippen molar-refractivity contribution in [3.63, 3.8) is 0 Å². The van der Waals surface area contributed by atoms with Gasteiger partial charge in [-0.25, -0.2) is 0 Å². The lowest BCUT2D eigenvalue weighted by atomic mass is 10.2. The molecular formula is C13H11ClN2. The molecule has 0 aromatic heterocycles. The van der Waals surface area contributed by atoms with Gasteiger partial charge in [-0.2, -0.15) is 0 Å². The Hall–Kier alpha value is -1.80. The van der Waals surface area contributed by atoms with Crippen LogP contribution >= 0.6 is 12.4 Å². The van der Waals surface area contributed by atoms with Crippen molar-refractivity contribution in [2.45, 2.75) is 0 Å². The highest BCUT2D eigenvalue weighted by Gasteiger charge is 2.06. The molecule has 3 rings (SSSR count). The molecule has 0 spiro atoms. The van der Waals surface area contributed by atoms with Crippen LogP contribution in [-0.4, -0.2) is 6.21 Å². The van der Waals surface area contributed by atoms with Crippen LogP contribution in [0.15, 0.2) is 53.5 Å². The predicted octanol–water partition coefficient (Wildman–Crippen LogP) is 3.92. The van der Waals surface area contributed by atoms with Crippen LogP contribution in [0, 0.1) is 0 Å². The summed E-state index contributed by atoms with van der Waals surface area (Å²) in [6, 6.07) is 16.2. The van der Waals surface area contributed by atoms with Crippen molar-refractivity contribution in [2.24, 2.45) is 4.99 Å². The van der Waals surface area contributed by atoms with Crippen LogP contribution in [0.25, 0.3) is 0 Å². The Labute approximate surface area is 100 Å². The zero-order valence-corrected chi connectivity index (χ0v) is 9.37. The number of rotatable bonds is 0. The van der Waals surface area contributed by atoms with Crippen LogP contribution in [-0.2, 0) is 0 Å². The van der Waals surface area contributed by atoms with Crippen LogP contribution in [0.4, 0.5) is 17.1 Å². The smallest absolute Gasteiger partial charge is 0.0864 e. The molecule has 1 aliphatic heterocycles. The lowest BCUT2D eigenvalue weighted by Crippen LogP contribution is -1.91. The summed E-state index contributed by atoms with van der Waals surface area (Å²) in [6.07, 6.45) is 1.90. The summed E-state index contributed by atoms with van der Waals surface area (Å²) in [5.41, 5.74) is 4.26. The summed E-state index contributed by atoms with van der Waals surface area (Å²) >= 11 is 0. The largest absolute Gasteiger partial charge is 0.353 e. The van der Waals surface area contributed by atoms with Gasteiger partial charge in [-0.15, -0.1) is 12.4 Å². The van der Waals surface area contributed by atoms with Gasteiger partial charge in [0, 0.05) is 17.5 Å². The first-order valence-corrected chi connectivity index (χ1v) is 4.93. The highest BCUT2D eigenvalue weighted by Crippen LogP contribution is 2.31. The number of fused-ring (bicyclic) bond motifs is 2. The summed E-state index contributed by atoms with van der Waals surface area (Å²) in [5.74, 6) is 0. The number of halogens is 1. The van der Waals surface area contributed by atoms with Crippen LogP contribution in [0.5, 0.6) is 0 Å². The van der Waals surface area contributed by atoms with E-state index in [1.165, 1.54) is 0 Å². The Morgan fingerprint density at radius 1 is 0.812 bits per heavy atom. The molecule has 2 nitrogen and oxygen atoms in total. The van der Waals surface area contributed by atoms with Crippen molar-refractivity contribution in [2.75, 3.05) is 5.32 Å². The number of hydrogen-bond acceptors (Lipinski definition) is 2. The van der Waals surface area contributed by atoms with Gasteiger partial charge >= 0.3 is 0 Å². The molecule has 0 atom stereocenters. The molecule has 0 radical (unpaired) electrons. The molecule has 0 saturated heterocycles. The van der Waals surface area contributed by atoms with E-state index in [0.717, 1.165) is 22.6 Å².